The molecule has 0 saturated carbocycles. The van der Waals surface area contributed by atoms with Gasteiger partial charge in [-0.1, -0.05) is 18.2 Å². The maximum atomic E-state index is 13.5. The average molecular weight is 287 g/mol. The standard InChI is InChI=1S/C17H15F2NO/c1-11-2-5-14(19)10-16(11)20-15(8-9-17(20)21)12-3-6-13(18)7-4-12/h2-7,10,15H,8-9H2,1H3. The van der Waals surface area contributed by atoms with E-state index in [1.165, 1.54) is 24.3 Å². The molecule has 2 nitrogen and oxygen atoms in total. The third kappa shape index (κ3) is 2.53. The van der Waals surface area contributed by atoms with E-state index in [0.29, 0.717) is 18.5 Å². The second kappa shape index (κ2) is 5.28. The molecule has 4 heteroatoms. The molecule has 2 aromatic rings. The van der Waals surface area contributed by atoms with Crippen LogP contribution >= 0.6 is 0 Å². The van der Waals surface area contributed by atoms with Crippen LogP contribution in [0.4, 0.5) is 14.5 Å². The summed E-state index contributed by atoms with van der Waals surface area (Å²) in [5.41, 5.74) is 2.30. The molecule has 108 valence electrons. The minimum Gasteiger partial charge on any atom is -0.305 e. The summed E-state index contributed by atoms with van der Waals surface area (Å²) in [6, 6.07) is 10.4. The quantitative estimate of drug-likeness (QED) is 0.813. The van der Waals surface area contributed by atoms with E-state index < -0.39 is 0 Å². The molecule has 0 bridgehead atoms. The molecule has 1 amide bonds. The van der Waals surface area contributed by atoms with Crippen LogP contribution in [0, 0.1) is 18.6 Å². The van der Waals surface area contributed by atoms with Crippen LogP contribution < -0.4 is 4.90 Å². The number of carbonyl (C=O) groups is 1. The van der Waals surface area contributed by atoms with Gasteiger partial charge in [-0.2, -0.15) is 0 Å². The monoisotopic (exact) mass is 287 g/mol. The fourth-order valence-electron chi connectivity index (χ4n) is 2.83. The first kappa shape index (κ1) is 13.7. The van der Waals surface area contributed by atoms with Crippen LogP contribution in [0.5, 0.6) is 0 Å². The average Bonchev–Trinajstić information content (AvgIpc) is 2.84. The summed E-state index contributed by atoms with van der Waals surface area (Å²) in [5, 5.41) is 0. The number of halogens is 2. The predicted molar refractivity (Wildman–Crippen MR) is 77.0 cm³/mol. The predicted octanol–water partition coefficient (Wildman–Crippen LogP) is 4.14. The molecule has 0 spiro atoms. The van der Waals surface area contributed by atoms with Gasteiger partial charge in [0.1, 0.15) is 11.6 Å². The highest BCUT2D eigenvalue weighted by atomic mass is 19.1. The maximum absolute atomic E-state index is 13.5. The lowest BCUT2D eigenvalue weighted by molar-refractivity contribution is -0.117. The highest BCUT2D eigenvalue weighted by Gasteiger charge is 2.34. The Kier molecular flexibility index (Phi) is 3.45. The van der Waals surface area contributed by atoms with E-state index in [1.807, 2.05) is 6.92 Å². The zero-order valence-corrected chi connectivity index (χ0v) is 11.6. The maximum Gasteiger partial charge on any atom is 0.227 e. The van der Waals surface area contributed by atoms with E-state index >= 15 is 0 Å². The Hall–Kier alpha value is -2.23. The van der Waals surface area contributed by atoms with E-state index in [2.05, 4.69) is 0 Å². The van der Waals surface area contributed by atoms with Gasteiger partial charge in [-0.05, 0) is 48.7 Å². The van der Waals surface area contributed by atoms with Crippen LogP contribution in [0.25, 0.3) is 0 Å². The Morgan fingerprint density at radius 3 is 2.43 bits per heavy atom. The zero-order valence-electron chi connectivity index (χ0n) is 11.6. The summed E-state index contributed by atoms with van der Waals surface area (Å²) in [7, 11) is 0. The normalized spacial score (nSPS) is 18.3. The van der Waals surface area contributed by atoms with Crippen molar-refractivity contribution in [2.45, 2.75) is 25.8 Å². The van der Waals surface area contributed by atoms with Crippen LogP contribution in [0.2, 0.25) is 0 Å². The van der Waals surface area contributed by atoms with Crippen molar-refractivity contribution in [2.75, 3.05) is 4.90 Å². The second-order valence-electron chi connectivity index (χ2n) is 5.30. The number of hydrogen-bond acceptors (Lipinski definition) is 1. The number of nitrogens with zero attached hydrogens (tertiary/aromatic N) is 1. The molecule has 1 saturated heterocycles. The minimum absolute atomic E-state index is 0.0296. The second-order valence-corrected chi connectivity index (χ2v) is 5.30. The summed E-state index contributed by atoms with van der Waals surface area (Å²) < 4.78 is 26.6. The van der Waals surface area contributed by atoms with Crippen LogP contribution in [0.3, 0.4) is 0 Å². The zero-order chi connectivity index (χ0) is 15.0. The molecule has 1 heterocycles. The smallest absolute Gasteiger partial charge is 0.227 e. The van der Waals surface area contributed by atoms with Crippen molar-refractivity contribution in [2.24, 2.45) is 0 Å². The first-order chi connectivity index (χ1) is 10.1. The highest BCUT2D eigenvalue weighted by molar-refractivity contribution is 5.97. The number of aryl methyl sites for hydroxylation is 1. The molecule has 0 aromatic heterocycles. The van der Waals surface area contributed by atoms with E-state index in [-0.39, 0.29) is 23.6 Å². The molecule has 1 unspecified atom stereocenters. The molecular formula is C17H15F2NO. The third-order valence-electron chi connectivity index (χ3n) is 3.90. The lowest BCUT2D eigenvalue weighted by Gasteiger charge is -2.27. The van der Waals surface area contributed by atoms with Gasteiger partial charge in [0.15, 0.2) is 0 Å². The van der Waals surface area contributed by atoms with Gasteiger partial charge in [-0.15, -0.1) is 0 Å². The van der Waals surface area contributed by atoms with Gasteiger partial charge >= 0.3 is 0 Å². The summed E-state index contributed by atoms with van der Waals surface area (Å²) >= 11 is 0. The fraction of sp³-hybridized carbons (Fsp3) is 0.235. The van der Waals surface area contributed by atoms with Crippen molar-refractivity contribution in [3.63, 3.8) is 0 Å². The fourth-order valence-corrected chi connectivity index (χ4v) is 2.83. The lowest BCUT2D eigenvalue weighted by atomic mass is 10.0. The molecule has 0 aliphatic carbocycles. The van der Waals surface area contributed by atoms with Crippen molar-refractivity contribution in [3.8, 4) is 0 Å². The molecule has 2 aromatic carbocycles. The van der Waals surface area contributed by atoms with Crippen LogP contribution in [-0.2, 0) is 4.79 Å². The van der Waals surface area contributed by atoms with Gasteiger partial charge in [-0.25, -0.2) is 8.78 Å². The summed E-state index contributed by atoms with van der Waals surface area (Å²) in [6.07, 6.45) is 1.07. The number of carbonyl (C=O) groups excluding carboxylic acids is 1. The molecule has 21 heavy (non-hydrogen) atoms. The van der Waals surface area contributed by atoms with Gasteiger partial charge in [0.25, 0.3) is 0 Å². The van der Waals surface area contributed by atoms with Crippen molar-refractivity contribution in [1.82, 2.24) is 0 Å². The number of rotatable bonds is 2. The molecule has 1 fully saturated rings. The third-order valence-corrected chi connectivity index (χ3v) is 3.90. The Bertz CT molecular complexity index is 682. The highest BCUT2D eigenvalue weighted by Crippen LogP contribution is 2.38. The van der Waals surface area contributed by atoms with Crippen molar-refractivity contribution >= 4 is 11.6 Å². The summed E-state index contributed by atoms with van der Waals surface area (Å²) in [5.74, 6) is -0.706. The topological polar surface area (TPSA) is 20.3 Å². The Morgan fingerprint density at radius 2 is 1.71 bits per heavy atom. The summed E-state index contributed by atoms with van der Waals surface area (Å²) in [4.78, 5) is 13.8. The van der Waals surface area contributed by atoms with Crippen molar-refractivity contribution in [3.05, 3.63) is 65.2 Å². The van der Waals surface area contributed by atoms with E-state index in [9.17, 15) is 13.6 Å². The van der Waals surface area contributed by atoms with Gasteiger partial charge in [0.05, 0.1) is 11.7 Å². The number of anilines is 1. The molecule has 1 aliphatic rings. The first-order valence-electron chi connectivity index (χ1n) is 6.90. The Balaban J connectivity index is 2.03. The first-order valence-corrected chi connectivity index (χ1v) is 6.90. The Morgan fingerprint density at radius 1 is 1.05 bits per heavy atom. The summed E-state index contributed by atoms with van der Waals surface area (Å²) in [6.45, 7) is 1.85. The molecule has 0 radical (unpaired) electrons. The van der Waals surface area contributed by atoms with Crippen molar-refractivity contribution < 1.29 is 13.6 Å². The van der Waals surface area contributed by atoms with Crippen LogP contribution in [0.1, 0.15) is 30.0 Å². The van der Waals surface area contributed by atoms with Gasteiger partial charge in [-0.3, -0.25) is 4.79 Å². The largest absolute Gasteiger partial charge is 0.305 e. The number of hydrogen-bond donors (Lipinski definition) is 0. The lowest BCUT2D eigenvalue weighted by Crippen LogP contribution is -2.28. The molecular weight excluding hydrogens is 272 g/mol. The number of amides is 1. The van der Waals surface area contributed by atoms with Crippen molar-refractivity contribution in [1.29, 1.82) is 0 Å². The van der Waals surface area contributed by atoms with Gasteiger partial charge in [0.2, 0.25) is 5.91 Å². The molecule has 3 rings (SSSR count). The minimum atomic E-state index is -0.367. The molecule has 0 N–H and O–H groups in total. The van der Waals surface area contributed by atoms with Crippen LogP contribution in [0.15, 0.2) is 42.5 Å². The SMILES string of the molecule is Cc1ccc(F)cc1N1C(=O)CCC1c1ccc(F)cc1. The van der Waals surface area contributed by atoms with Crippen LogP contribution in [-0.4, -0.2) is 5.91 Å². The number of benzene rings is 2. The Labute approximate surface area is 122 Å². The van der Waals surface area contributed by atoms with E-state index in [1.54, 1.807) is 23.1 Å². The molecule has 1 atom stereocenters. The van der Waals surface area contributed by atoms with Gasteiger partial charge in [0, 0.05) is 6.42 Å². The van der Waals surface area contributed by atoms with Gasteiger partial charge < -0.3 is 4.90 Å². The molecule has 1 aliphatic heterocycles. The van der Waals surface area contributed by atoms with E-state index in [4.69, 9.17) is 0 Å². The van der Waals surface area contributed by atoms with E-state index in [0.717, 1.165) is 11.1 Å².